The number of hydrogen-bond acceptors (Lipinski definition) is 6. The van der Waals surface area contributed by atoms with Crippen LogP contribution in [0.3, 0.4) is 0 Å². The van der Waals surface area contributed by atoms with Gasteiger partial charge in [0.05, 0.1) is 24.3 Å². The Morgan fingerprint density at radius 1 is 1.04 bits per heavy atom. The summed E-state index contributed by atoms with van der Waals surface area (Å²) in [7, 11) is 0. The van der Waals surface area contributed by atoms with Gasteiger partial charge in [0.1, 0.15) is 5.78 Å². The lowest BCUT2D eigenvalue weighted by atomic mass is 10.1. The summed E-state index contributed by atoms with van der Waals surface area (Å²) in [6.45, 7) is 6.15. The maximum absolute atomic E-state index is 12.1. The number of ether oxygens (including phenoxy) is 2. The molecule has 0 aliphatic heterocycles. The van der Waals surface area contributed by atoms with Crippen molar-refractivity contribution in [2.45, 2.75) is 40.5 Å². The van der Waals surface area contributed by atoms with Gasteiger partial charge in [-0.15, -0.1) is 0 Å². The fourth-order valence-electron chi connectivity index (χ4n) is 2.11. The van der Waals surface area contributed by atoms with E-state index in [1.54, 1.807) is 20.8 Å². The van der Waals surface area contributed by atoms with E-state index in [0.717, 1.165) is 0 Å². The van der Waals surface area contributed by atoms with Gasteiger partial charge in [-0.2, -0.15) is 0 Å². The standard InChI is InChI=1S/C16H21NO6/c1-5-22-16(21)14-10(3)15(17-11(14)4)12(19)8-23-13(20)7-6-9(2)18/h17H,5-8H2,1-4H3. The van der Waals surface area contributed by atoms with Crippen molar-refractivity contribution < 1.29 is 28.7 Å². The summed E-state index contributed by atoms with van der Waals surface area (Å²) in [4.78, 5) is 49.0. The number of aryl methyl sites for hydroxylation is 1. The molecule has 0 aliphatic carbocycles. The third-order valence-corrected chi connectivity index (χ3v) is 3.24. The van der Waals surface area contributed by atoms with Crippen LogP contribution in [0.2, 0.25) is 0 Å². The van der Waals surface area contributed by atoms with Crippen molar-refractivity contribution in [2.75, 3.05) is 13.2 Å². The molecule has 23 heavy (non-hydrogen) atoms. The van der Waals surface area contributed by atoms with E-state index in [-0.39, 0.29) is 30.9 Å². The summed E-state index contributed by atoms with van der Waals surface area (Å²) >= 11 is 0. The Hall–Kier alpha value is -2.44. The molecule has 0 bridgehead atoms. The highest BCUT2D eigenvalue weighted by Crippen LogP contribution is 2.19. The molecule has 0 aromatic carbocycles. The molecule has 1 heterocycles. The molecule has 1 aromatic heterocycles. The molecule has 1 aromatic rings. The highest BCUT2D eigenvalue weighted by molar-refractivity contribution is 6.02. The molecular formula is C16H21NO6. The van der Waals surface area contributed by atoms with Crippen LogP contribution >= 0.6 is 0 Å². The summed E-state index contributed by atoms with van der Waals surface area (Å²) < 4.78 is 9.79. The Morgan fingerprint density at radius 2 is 1.70 bits per heavy atom. The number of H-pyrrole nitrogens is 1. The van der Waals surface area contributed by atoms with E-state index >= 15 is 0 Å². The van der Waals surface area contributed by atoms with Gasteiger partial charge in [0, 0.05) is 12.1 Å². The summed E-state index contributed by atoms with van der Waals surface area (Å²) in [6.07, 6.45) is 0.0279. The van der Waals surface area contributed by atoms with Crippen molar-refractivity contribution in [3.05, 3.63) is 22.5 Å². The largest absolute Gasteiger partial charge is 0.462 e. The Bertz CT molecular complexity index is 629. The van der Waals surface area contributed by atoms with Gasteiger partial charge in [-0.25, -0.2) is 4.79 Å². The summed E-state index contributed by atoms with van der Waals surface area (Å²) in [5.41, 5.74) is 1.51. The quantitative estimate of drug-likeness (QED) is 0.579. The van der Waals surface area contributed by atoms with Crippen LogP contribution in [0.5, 0.6) is 0 Å². The molecule has 0 unspecified atom stereocenters. The Kier molecular flexibility index (Phi) is 6.68. The fourth-order valence-corrected chi connectivity index (χ4v) is 2.11. The van der Waals surface area contributed by atoms with Crippen molar-refractivity contribution in [2.24, 2.45) is 0 Å². The molecule has 0 saturated heterocycles. The van der Waals surface area contributed by atoms with Crippen LogP contribution < -0.4 is 0 Å². The van der Waals surface area contributed by atoms with Crippen molar-refractivity contribution in [1.82, 2.24) is 4.98 Å². The third kappa shape index (κ3) is 5.05. The lowest BCUT2D eigenvalue weighted by molar-refractivity contribution is -0.143. The van der Waals surface area contributed by atoms with Gasteiger partial charge < -0.3 is 19.3 Å². The van der Waals surface area contributed by atoms with E-state index in [4.69, 9.17) is 9.47 Å². The van der Waals surface area contributed by atoms with Crippen LogP contribution in [-0.2, 0) is 19.1 Å². The molecule has 0 spiro atoms. The first-order chi connectivity index (χ1) is 10.8. The molecule has 0 amide bonds. The Morgan fingerprint density at radius 3 is 2.26 bits per heavy atom. The van der Waals surface area contributed by atoms with E-state index in [1.165, 1.54) is 6.92 Å². The topological polar surface area (TPSA) is 103 Å². The molecule has 1 N–H and O–H groups in total. The molecule has 0 aliphatic rings. The second-order valence-corrected chi connectivity index (χ2v) is 5.13. The van der Waals surface area contributed by atoms with E-state index < -0.39 is 24.3 Å². The second-order valence-electron chi connectivity index (χ2n) is 5.13. The molecule has 0 saturated carbocycles. The molecule has 0 radical (unpaired) electrons. The molecular weight excluding hydrogens is 302 g/mol. The predicted molar refractivity (Wildman–Crippen MR) is 81.4 cm³/mol. The number of esters is 2. The molecule has 0 fully saturated rings. The van der Waals surface area contributed by atoms with Crippen LogP contribution in [0.15, 0.2) is 0 Å². The number of ketones is 2. The minimum absolute atomic E-state index is 0.0561. The van der Waals surface area contributed by atoms with Crippen LogP contribution in [-0.4, -0.2) is 41.7 Å². The minimum Gasteiger partial charge on any atom is -0.462 e. The van der Waals surface area contributed by atoms with Gasteiger partial charge >= 0.3 is 11.9 Å². The van der Waals surface area contributed by atoms with E-state index in [1.807, 2.05) is 0 Å². The monoisotopic (exact) mass is 323 g/mol. The van der Waals surface area contributed by atoms with Gasteiger partial charge in [-0.3, -0.25) is 9.59 Å². The smallest absolute Gasteiger partial charge is 0.340 e. The summed E-state index contributed by atoms with van der Waals surface area (Å²) in [6, 6.07) is 0. The van der Waals surface area contributed by atoms with Crippen molar-refractivity contribution >= 4 is 23.5 Å². The zero-order chi connectivity index (χ0) is 17.6. The van der Waals surface area contributed by atoms with Crippen molar-refractivity contribution in [3.63, 3.8) is 0 Å². The molecule has 0 atom stereocenters. The lowest BCUT2D eigenvalue weighted by Gasteiger charge is -2.04. The first kappa shape index (κ1) is 18.6. The van der Waals surface area contributed by atoms with E-state index in [9.17, 15) is 19.2 Å². The summed E-state index contributed by atoms with van der Waals surface area (Å²) in [5.74, 6) is -1.68. The first-order valence-corrected chi connectivity index (χ1v) is 7.32. The third-order valence-electron chi connectivity index (χ3n) is 3.24. The predicted octanol–water partition coefficient (Wildman–Crippen LogP) is 1.90. The zero-order valence-corrected chi connectivity index (χ0v) is 13.8. The number of Topliss-reactive ketones (excluding diaryl/α,β-unsaturated/α-hetero) is 2. The average molecular weight is 323 g/mol. The van der Waals surface area contributed by atoms with Crippen LogP contribution in [0.4, 0.5) is 0 Å². The molecule has 7 nitrogen and oxygen atoms in total. The van der Waals surface area contributed by atoms with Gasteiger partial charge in [-0.05, 0) is 33.3 Å². The van der Waals surface area contributed by atoms with Gasteiger partial charge in [0.2, 0.25) is 5.78 Å². The van der Waals surface area contributed by atoms with Crippen molar-refractivity contribution in [3.8, 4) is 0 Å². The number of nitrogens with one attached hydrogen (secondary N) is 1. The van der Waals surface area contributed by atoms with Gasteiger partial charge in [-0.1, -0.05) is 0 Å². The number of hydrogen-bond donors (Lipinski definition) is 1. The second kappa shape index (κ2) is 8.26. The minimum atomic E-state index is -0.611. The maximum atomic E-state index is 12.1. The SMILES string of the molecule is CCOC(=O)c1c(C)[nH]c(C(=O)COC(=O)CCC(C)=O)c1C. The summed E-state index contributed by atoms with van der Waals surface area (Å²) in [5, 5.41) is 0. The van der Waals surface area contributed by atoms with Crippen LogP contribution in [0.25, 0.3) is 0 Å². The lowest BCUT2D eigenvalue weighted by Crippen LogP contribution is -2.16. The van der Waals surface area contributed by atoms with Gasteiger partial charge in [0.15, 0.2) is 6.61 Å². The normalized spacial score (nSPS) is 10.3. The van der Waals surface area contributed by atoms with Crippen LogP contribution in [0.1, 0.15) is 58.8 Å². The first-order valence-electron chi connectivity index (χ1n) is 7.32. The van der Waals surface area contributed by atoms with Crippen molar-refractivity contribution in [1.29, 1.82) is 0 Å². The fraction of sp³-hybridized carbons (Fsp3) is 0.500. The number of aromatic amines is 1. The molecule has 7 heteroatoms. The Balaban J connectivity index is 2.74. The highest BCUT2D eigenvalue weighted by atomic mass is 16.5. The Labute approximate surface area is 134 Å². The molecule has 1 rings (SSSR count). The van der Waals surface area contributed by atoms with Crippen LogP contribution in [0, 0.1) is 13.8 Å². The molecule has 126 valence electrons. The maximum Gasteiger partial charge on any atom is 0.340 e. The number of carbonyl (C=O) groups excluding carboxylic acids is 4. The zero-order valence-electron chi connectivity index (χ0n) is 13.8. The average Bonchev–Trinajstić information content (AvgIpc) is 2.77. The van der Waals surface area contributed by atoms with E-state index in [0.29, 0.717) is 16.8 Å². The van der Waals surface area contributed by atoms with E-state index in [2.05, 4.69) is 4.98 Å². The number of carbonyl (C=O) groups is 4. The van der Waals surface area contributed by atoms with Gasteiger partial charge in [0.25, 0.3) is 0 Å². The number of aromatic nitrogens is 1. The number of rotatable bonds is 8. The highest BCUT2D eigenvalue weighted by Gasteiger charge is 2.23.